The van der Waals surface area contributed by atoms with Crippen molar-refractivity contribution in [1.29, 1.82) is 0 Å². The highest BCUT2D eigenvalue weighted by Gasteiger charge is 2.29. The molecule has 0 spiro atoms. The van der Waals surface area contributed by atoms with E-state index in [1.54, 1.807) is 0 Å². The van der Waals surface area contributed by atoms with Gasteiger partial charge in [0.1, 0.15) is 16.8 Å². The number of nitrogens with zero attached hydrogens (tertiary/aromatic N) is 2. The van der Waals surface area contributed by atoms with Crippen molar-refractivity contribution in [2.75, 3.05) is 18.4 Å². The molecule has 108 valence electrons. The fourth-order valence-electron chi connectivity index (χ4n) is 2.06. The summed E-state index contributed by atoms with van der Waals surface area (Å²) < 4.78 is 0. The summed E-state index contributed by atoms with van der Waals surface area (Å²) in [6.45, 7) is 3.16. The van der Waals surface area contributed by atoms with Crippen molar-refractivity contribution in [3.8, 4) is 0 Å². The van der Waals surface area contributed by atoms with Crippen LogP contribution in [0.3, 0.4) is 0 Å². The maximum atomic E-state index is 11.5. The molecular weight excluding hydrogens is 276 g/mol. The van der Waals surface area contributed by atoms with Crippen LogP contribution in [0.1, 0.15) is 43.0 Å². The second-order valence-electron chi connectivity index (χ2n) is 5.61. The molecule has 2 saturated carbocycles. The molecule has 3 rings (SSSR count). The number of halogens is 1. The maximum absolute atomic E-state index is 11.5. The largest absolute Gasteiger partial charge is 0.368 e. The lowest BCUT2D eigenvalue weighted by Gasteiger charge is -2.11. The van der Waals surface area contributed by atoms with E-state index in [1.165, 1.54) is 0 Å². The lowest BCUT2D eigenvalue weighted by atomic mass is 10.3. The van der Waals surface area contributed by atoms with E-state index in [1.807, 2.05) is 6.92 Å². The van der Waals surface area contributed by atoms with Gasteiger partial charge in [-0.1, -0.05) is 11.6 Å². The average molecular weight is 295 g/mol. The zero-order chi connectivity index (χ0) is 14.1. The quantitative estimate of drug-likeness (QED) is 0.624. The molecule has 2 aliphatic rings. The van der Waals surface area contributed by atoms with E-state index >= 15 is 0 Å². The lowest BCUT2D eigenvalue weighted by Crippen LogP contribution is -2.30. The summed E-state index contributed by atoms with van der Waals surface area (Å²) in [4.78, 5) is 20.4. The minimum Gasteiger partial charge on any atom is -0.368 e. The van der Waals surface area contributed by atoms with Gasteiger partial charge in [-0.25, -0.2) is 9.97 Å². The summed E-state index contributed by atoms with van der Waals surface area (Å²) in [5, 5.41) is 6.68. The highest BCUT2D eigenvalue weighted by molar-refractivity contribution is 6.30. The van der Waals surface area contributed by atoms with Gasteiger partial charge in [0.25, 0.3) is 0 Å². The summed E-state index contributed by atoms with van der Waals surface area (Å²) >= 11 is 6.14. The van der Waals surface area contributed by atoms with E-state index in [2.05, 4.69) is 20.6 Å². The first-order valence-corrected chi connectivity index (χ1v) is 7.58. The molecule has 0 radical (unpaired) electrons. The van der Waals surface area contributed by atoms with Crippen molar-refractivity contribution in [1.82, 2.24) is 15.3 Å². The van der Waals surface area contributed by atoms with Crippen molar-refractivity contribution in [3.05, 3.63) is 16.5 Å². The first kappa shape index (κ1) is 13.6. The van der Waals surface area contributed by atoms with Crippen LogP contribution in [-0.2, 0) is 4.79 Å². The van der Waals surface area contributed by atoms with Crippen LogP contribution in [-0.4, -0.2) is 29.0 Å². The smallest absolute Gasteiger partial charge is 0.223 e. The van der Waals surface area contributed by atoms with E-state index in [0.29, 0.717) is 24.2 Å². The minimum atomic E-state index is 0.169. The van der Waals surface area contributed by atoms with Crippen molar-refractivity contribution in [3.63, 3.8) is 0 Å². The monoisotopic (exact) mass is 294 g/mol. The van der Waals surface area contributed by atoms with Gasteiger partial charge in [0.15, 0.2) is 0 Å². The SMILES string of the molecule is Cc1c(Cl)nc(C2CC2)nc1NCCNC(=O)C1CC1. The second-order valence-corrected chi connectivity index (χ2v) is 5.97. The van der Waals surface area contributed by atoms with Gasteiger partial charge in [-0.05, 0) is 32.6 Å². The van der Waals surface area contributed by atoms with E-state index in [4.69, 9.17) is 11.6 Å². The molecule has 1 amide bonds. The number of anilines is 1. The van der Waals surface area contributed by atoms with Crippen LogP contribution < -0.4 is 10.6 Å². The Labute approximate surface area is 123 Å². The van der Waals surface area contributed by atoms with E-state index in [9.17, 15) is 4.79 Å². The van der Waals surface area contributed by atoms with Crippen molar-refractivity contribution >= 4 is 23.3 Å². The molecule has 1 aromatic heterocycles. The number of nitrogens with one attached hydrogen (secondary N) is 2. The van der Waals surface area contributed by atoms with Gasteiger partial charge in [0.05, 0.1) is 0 Å². The third-order valence-electron chi connectivity index (χ3n) is 3.71. The summed E-state index contributed by atoms with van der Waals surface area (Å²) in [7, 11) is 0. The normalized spacial score (nSPS) is 17.9. The third-order valence-corrected chi connectivity index (χ3v) is 4.08. The Morgan fingerprint density at radius 3 is 2.65 bits per heavy atom. The number of carbonyl (C=O) groups is 1. The zero-order valence-corrected chi connectivity index (χ0v) is 12.3. The highest BCUT2D eigenvalue weighted by Crippen LogP contribution is 2.39. The van der Waals surface area contributed by atoms with Gasteiger partial charge in [0.2, 0.25) is 5.91 Å². The van der Waals surface area contributed by atoms with Gasteiger partial charge >= 0.3 is 0 Å². The summed E-state index contributed by atoms with van der Waals surface area (Å²) in [5.74, 6) is 2.52. The van der Waals surface area contributed by atoms with Crippen LogP contribution in [0, 0.1) is 12.8 Å². The molecule has 20 heavy (non-hydrogen) atoms. The van der Waals surface area contributed by atoms with Crippen molar-refractivity contribution in [2.45, 2.75) is 38.5 Å². The predicted molar refractivity (Wildman–Crippen MR) is 78.0 cm³/mol. The molecule has 6 heteroatoms. The Bertz CT molecular complexity index is 526. The molecule has 2 fully saturated rings. The number of aromatic nitrogens is 2. The molecule has 5 nitrogen and oxygen atoms in total. The van der Waals surface area contributed by atoms with Gasteiger partial charge in [-0.15, -0.1) is 0 Å². The van der Waals surface area contributed by atoms with Crippen LogP contribution >= 0.6 is 11.6 Å². The van der Waals surface area contributed by atoms with E-state index in [-0.39, 0.29) is 11.8 Å². The minimum absolute atomic E-state index is 0.169. The molecule has 1 heterocycles. The average Bonchev–Trinajstić information content (AvgIpc) is 3.30. The van der Waals surface area contributed by atoms with E-state index < -0.39 is 0 Å². The first-order chi connectivity index (χ1) is 9.65. The maximum Gasteiger partial charge on any atom is 0.223 e. The molecule has 0 aromatic carbocycles. The Hall–Kier alpha value is -1.36. The Morgan fingerprint density at radius 2 is 2.00 bits per heavy atom. The first-order valence-electron chi connectivity index (χ1n) is 7.20. The Morgan fingerprint density at radius 1 is 1.25 bits per heavy atom. The van der Waals surface area contributed by atoms with Gasteiger partial charge in [-0.3, -0.25) is 4.79 Å². The van der Waals surface area contributed by atoms with Crippen molar-refractivity contribution < 1.29 is 4.79 Å². The van der Waals surface area contributed by atoms with Crippen molar-refractivity contribution in [2.24, 2.45) is 5.92 Å². The zero-order valence-electron chi connectivity index (χ0n) is 11.6. The topological polar surface area (TPSA) is 66.9 Å². The van der Waals surface area contributed by atoms with Gasteiger partial charge in [0, 0.05) is 30.5 Å². The molecule has 0 unspecified atom stereocenters. The fraction of sp³-hybridized carbons (Fsp3) is 0.643. The van der Waals surface area contributed by atoms with Crippen LogP contribution in [0.15, 0.2) is 0 Å². The number of hydrogen-bond acceptors (Lipinski definition) is 4. The molecular formula is C14H19ClN4O. The predicted octanol–water partition coefficient (Wildman–Crippen LogP) is 2.25. The van der Waals surface area contributed by atoms with Crippen LogP contribution in [0.5, 0.6) is 0 Å². The van der Waals surface area contributed by atoms with Gasteiger partial charge < -0.3 is 10.6 Å². The number of amides is 1. The van der Waals surface area contributed by atoms with Crippen LogP contribution in [0.2, 0.25) is 5.15 Å². The molecule has 0 atom stereocenters. The highest BCUT2D eigenvalue weighted by atomic mass is 35.5. The Kier molecular flexibility index (Phi) is 3.78. The molecule has 0 saturated heterocycles. The molecule has 2 N–H and O–H groups in total. The number of rotatable bonds is 6. The molecule has 0 aliphatic heterocycles. The Balaban J connectivity index is 1.54. The fourth-order valence-corrected chi connectivity index (χ4v) is 2.23. The standard InChI is InChI=1S/C14H19ClN4O/c1-8-11(15)18-13(9-2-3-9)19-12(8)16-6-7-17-14(20)10-4-5-10/h9-10H,2-7H2,1H3,(H,17,20)(H,16,18,19). The lowest BCUT2D eigenvalue weighted by molar-refractivity contribution is -0.122. The third kappa shape index (κ3) is 3.20. The van der Waals surface area contributed by atoms with Gasteiger partial charge in [-0.2, -0.15) is 0 Å². The molecule has 2 aliphatic carbocycles. The number of hydrogen-bond donors (Lipinski definition) is 2. The summed E-state index contributed by atoms with van der Waals surface area (Å²) in [6, 6.07) is 0. The summed E-state index contributed by atoms with van der Waals surface area (Å²) in [6.07, 6.45) is 4.36. The molecule has 0 bridgehead atoms. The van der Waals surface area contributed by atoms with Crippen LogP contribution in [0.25, 0.3) is 0 Å². The van der Waals surface area contributed by atoms with Crippen LogP contribution in [0.4, 0.5) is 5.82 Å². The second kappa shape index (κ2) is 5.56. The summed E-state index contributed by atoms with van der Waals surface area (Å²) in [5.41, 5.74) is 0.865. The van der Waals surface area contributed by atoms with E-state index in [0.717, 1.165) is 42.9 Å². The number of carbonyl (C=O) groups excluding carboxylic acids is 1. The molecule has 1 aromatic rings.